The van der Waals surface area contributed by atoms with E-state index in [0.717, 1.165) is 32.3 Å². The zero-order valence-electron chi connectivity index (χ0n) is 14.2. The van der Waals surface area contributed by atoms with Crippen molar-refractivity contribution in [2.75, 3.05) is 33.4 Å². The molecule has 1 aliphatic carbocycles. The second-order valence-corrected chi connectivity index (χ2v) is 7.47. The van der Waals surface area contributed by atoms with Crippen molar-refractivity contribution in [2.24, 2.45) is 10.4 Å². The van der Waals surface area contributed by atoms with Crippen molar-refractivity contribution in [1.82, 2.24) is 10.2 Å². The fraction of sp³-hybridized carbons (Fsp3) is 0.632. The zero-order valence-corrected chi connectivity index (χ0v) is 14.2. The summed E-state index contributed by atoms with van der Waals surface area (Å²) in [6.07, 6.45) is 3.65. The van der Waals surface area contributed by atoms with E-state index in [1.165, 1.54) is 30.4 Å². The summed E-state index contributed by atoms with van der Waals surface area (Å²) >= 11 is 0. The van der Waals surface area contributed by atoms with Gasteiger partial charge >= 0.3 is 0 Å². The standard InChI is InChI=1S/C19H27N3O/c1-14-5-3-4-6-15(14)16-11-17(16)21-18(20-2)22-9-7-19(12-22)8-10-23-13-19/h3-6,16-17H,7-13H2,1-2H3,(H,20,21). The van der Waals surface area contributed by atoms with Gasteiger partial charge in [0.1, 0.15) is 0 Å². The Hall–Kier alpha value is -1.55. The predicted molar refractivity (Wildman–Crippen MR) is 92.9 cm³/mol. The molecule has 0 bridgehead atoms. The quantitative estimate of drug-likeness (QED) is 0.673. The van der Waals surface area contributed by atoms with Gasteiger partial charge in [0.15, 0.2) is 5.96 Å². The van der Waals surface area contributed by atoms with Crippen LogP contribution < -0.4 is 5.32 Å². The van der Waals surface area contributed by atoms with Crippen molar-refractivity contribution >= 4 is 5.96 Å². The van der Waals surface area contributed by atoms with E-state index >= 15 is 0 Å². The summed E-state index contributed by atoms with van der Waals surface area (Å²) in [5, 5.41) is 3.70. The van der Waals surface area contributed by atoms with Crippen LogP contribution in [0.15, 0.2) is 29.3 Å². The van der Waals surface area contributed by atoms with Crippen LogP contribution in [0.4, 0.5) is 0 Å². The van der Waals surface area contributed by atoms with Crippen LogP contribution in [0, 0.1) is 12.3 Å². The van der Waals surface area contributed by atoms with Crippen LogP contribution in [0.5, 0.6) is 0 Å². The Bertz CT molecular complexity index is 606. The zero-order chi connectivity index (χ0) is 15.9. The van der Waals surface area contributed by atoms with Gasteiger partial charge in [-0.3, -0.25) is 4.99 Å². The predicted octanol–water partition coefficient (Wildman–Crippen LogP) is 2.54. The van der Waals surface area contributed by atoms with Crippen molar-refractivity contribution in [3.63, 3.8) is 0 Å². The first-order valence-corrected chi connectivity index (χ1v) is 8.82. The minimum Gasteiger partial charge on any atom is -0.381 e. The molecule has 1 spiro atoms. The first-order valence-electron chi connectivity index (χ1n) is 8.82. The Morgan fingerprint density at radius 2 is 2.22 bits per heavy atom. The van der Waals surface area contributed by atoms with Crippen LogP contribution in [0.2, 0.25) is 0 Å². The van der Waals surface area contributed by atoms with E-state index < -0.39 is 0 Å². The molecule has 3 aliphatic rings. The lowest BCUT2D eigenvalue weighted by atomic mass is 9.87. The SMILES string of the molecule is CN=C(NC1CC1c1ccccc1C)N1CCC2(CCOC2)C1. The fourth-order valence-corrected chi connectivity index (χ4v) is 4.25. The largest absolute Gasteiger partial charge is 0.381 e. The van der Waals surface area contributed by atoms with Crippen molar-refractivity contribution < 1.29 is 4.74 Å². The molecule has 0 aromatic heterocycles. The average Bonchev–Trinajstić information content (AvgIpc) is 2.98. The van der Waals surface area contributed by atoms with E-state index in [1.54, 1.807) is 0 Å². The van der Waals surface area contributed by atoms with Crippen molar-refractivity contribution in [3.05, 3.63) is 35.4 Å². The number of aryl methyl sites for hydroxylation is 1. The molecule has 3 fully saturated rings. The molecular weight excluding hydrogens is 286 g/mol. The van der Waals surface area contributed by atoms with Gasteiger partial charge in [-0.2, -0.15) is 0 Å². The molecule has 23 heavy (non-hydrogen) atoms. The maximum Gasteiger partial charge on any atom is 0.193 e. The number of hydrogen-bond donors (Lipinski definition) is 1. The smallest absolute Gasteiger partial charge is 0.193 e. The van der Waals surface area contributed by atoms with E-state index in [0.29, 0.717) is 17.4 Å². The second kappa shape index (κ2) is 5.82. The fourth-order valence-electron chi connectivity index (χ4n) is 4.25. The maximum absolute atomic E-state index is 5.64. The van der Waals surface area contributed by atoms with Gasteiger partial charge in [0.2, 0.25) is 0 Å². The number of nitrogens with one attached hydrogen (secondary N) is 1. The molecule has 2 aliphatic heterocycles. The van der Waals surface area contributed by atoms with E-state index in [2.05, 4.69) is 46.4 Å². The minimum absolute atomic E-state index is 0.386. The molecule has 4 rings (SSSR count). The third-order valence-corrected chi connectivity index (χ3v) is 5.83. The van der Waals surface area contributed by atoms with Gasteiger partial charge in [-0.25, -0.2) is 0 Å². The van der Waals surface area contributed by atoms with Crippen LogP contribution in [-0.4, -0.2) is 50.3 Å². The molecule has 1 aromatic rings. The third kappa shape index (κ3) is 2.85. The normalized spacial score (nSPS) is 33.5. The molecule has 3 unspecified atom stereocenters. The van der Waals surface area contributed by atoms with Gasteiger partial charge in [0.25, 0.3) is 0 Å². The van der Waals surface area contributed by atoms with E-state index in [-0.39, 0.29) is 0 Å². The first kappa shape index (κ1) is 15.0. The number of likely N-dealkylation sites (tertiary alicyclic amines) is 1. The van der Waals surface area contributed by atoms with Crippen molar-refractivity contribution in [2.45, 2.75) is 38.1 Å². The molecule has 4 nitrogen and oxygen atoms in total. The summed E-state index contributed by atoms with van der Waals surface area (Å²) in [5.41, 5.74) is 3.28. The molecule has 1 N–H and O–H groups in total. The van der Waals surface area contributed by atoms with Gasteiger partial charge in [-0.1, -0.05) is 24.3 Å². The van der Waals surface area contributed by atoms with Crippen LogP contribution in [0.3, 0.4) is 0 Å². The molecule has 0 radical (unpaired) electrons. The highest BCUT2D eigenvalue weighted by Crippen LogP contribution is 2.43. The number of aliphatic imine (C=N–C) groups is 1. The average molecular weight is 313 g/mol. The van der Waals surface area contributed by atoms with Crippen molar-refractivity contribution in [1.29, 1.82) is 0 Å². The number of nitrogens with zero attached hydrogens (tertiary/aromatic N) is 2. The molecule has 2 heterocycles. The number of ether oxygens (including phenoxy) is 1. The van der Waals surface area contributed by atoms with Gasteiger partial charge < -0.3 is 15.0 Å². The highest BCUT2D eigenvalue weighted by molar-refractivity contribution is 5.81. The Morgan fingerprint density at radius 1 is 1.35 bits per heavy atom. The van der Waals surface area contributed by atoms with Crippen LogP contribution >= 0.6 is 0 Å². The lowest BCUT2D eigenvalue weighted by molar-refractivity contribution is 0.156. The highest BCUT2D eigenvalue weighted by atomic mass is 16.5. The molecule has 0 amide bonds. The maximum atomic E-state index is 5.64. The number of benzene rings is 1. The summed E-state index contributed by atoms with van der Waals surface area (Å²) in [4.78, 5) is 6.98. The van der Waals surface area contributed by atoms with Gasteiger partial charge in [-0.15, -0.1) is 0 Å². The number of hydrogen-bond acceptors (Lipinski definition) is 2. The van der Waals surface area contributed by atoms with Crippen LogP contribution in [-0.2, 0) is 4.74 Å². The summed E-state index contributed by atoms with van der Waals surface area (Å²) in [5.74, 6) is 1.72. The molecule has 1 saturated carbocycles. The van der Waals surface area contributed by atoms with E-state index in [1.807, 2.05) is 7.05 Å². The van der Waals surface area contributed by atoms with Gasteiger partial charge in [0.05, 0.1) is 6.61 Å². The van der Waals surface area contributed by atoms with Gasteiger partial charge in [0, 0.05) is 44.1 Å². The molecular formula is C19H27N3O. The Kier molecular flexibility index (Phi) is 3.80. The Labute approximate surface area is 138 Å². The Balaban J connectivity index is 1.38. The van der Waals surface area contributed by atoms with Gasteiger partial charge in [-0.05, 0) is 37.3 Å². The lowest BCUT2D eigenvalue weighted by Crippen LogP contribution is -2.42. The monoisotopic (exact) mass is 313 g/mol. The van der Waals surface area contributed by atoms with Crippen LogP contribution in [0.1, 0.15) is 36.3 Å². The number of guanidine groups is 1. The van der Waals surface area contributed by atoms with E-state index in [9.17, 15) is 0 Å². The summed E-state index contributed by atoms with van der Waals surface area (Å²) in [6.45, 7) is 6.26. The van der Waals surface area contributed by atoms with E-state index in [4.69, 9.17) is 4.74 Å². The summed E-state index contributed by atoms with van der Waals surface area (Å²) < 4.78 is 5.64. The van der Waals surface area contributed by atoms with Crippen LogP contribution in [0.25, 0.3) is 0 Å². The molecule has 4 heteroatoms. The minimum atomic E-state index is 0.386. The summed E-state index contributed by atoms with van der Waals surface area (Å²) in [7, 11) is 1.91. The molecule has 124 valence electrons. The first-order chi connectivity index (χ1) is 11.2. The molecule has 3 atom stereocenters. The highest BCUT2D eigenvalue weighted by Gasteiger charge is 2.44. The third-order valence-electron chi connectivity index (χ3n) is 5.83. The molecule has 1 aromatic carbocycles. The number of rotatable bonds is 2. The molecule has 2 saturated heterocycles. The topological polar surface area (TPSA) is 36.9 Å². The summed E-state index contributed by atoms with van der Waals surface area (Å²) in [6, 6.07) is 9.29. The Morgan fingerprint density at radius 3 is 2.96 bits per heavy atom. The van der Waals surface area contributed by atoms with Crippen molar-refractivity contribution in [3.8, 4) is 0 Å². The lowest BCUT2D eigenvalue weighted by Gasteiger charge is -2.25. The second-order valence-electron chi connectivity index (χ2n) is 7.47.